The lowest BCUT2D eigenvalue weighted by atomic mass is 10.1. The molecule has 0 heterocycles. The molecule has 2 rings (SSSR count). The van der Waals surface area contributed by atoms with Gasteiger partial charge in [0.15, 0.2) is 0 Å². The van der Waals surface area contributed by atoms with Gasteiger partial charge in [0.2, 0.25) is 0 Å². The summed E-state index contributed by atoms with van der Waals surface area (Å²) < 4.78 is 23.3. The molecule has 0 bridgehead atoms. The van der Waals surface area contributed by atoms with Crippen molar-refractivity contribution in [2.24, 2.45) is 0 Å². The van der Waals surface area contributed by atoms with Crippen LogP contribution in [0.2, 0.25) is 0 Å². The van der Waals surface area contributed by atoms with Gasteiger partial charge in [-0.05, 0) is 31.0 Å². The van der Waals surface area contributed by atoms with E-state index in [2.05, 4.69) is 21.2 Å². The molecule has 0 saturated heterocycles. The van der Waals surface area contributed by atoms with Crippen LogP contribution in [0.15, 0.2) is 27.6 Å². The van der Waals surface area contributed by atoms with Gasteiger partial charge >= 0.3 is 0 Å². The van der Waals surface area contributed by atoms with Crippen molar-refractivity contribution >= 4 is 41.6 Å². The van der Waals surface area contributed by atoms with Crippen LogP contribution in [0.4, 0.5) is 0 Å². The van der Waals surface area contributed by atoms with Gasteiger partial charge in [-0.1, -0.05) is 41.6 Å². The molecule has 0 unspecified atom stereocenters. The molecule has 0 spiro atoms. The predicted octanol–water partition coefficient (Wildman–Crippen LogP) is 3.83. The Bertz CT molecular complexity index is 625. The lowest BCUT2D eigenvalue weighted by Crippen LogP contribution is -2.34. The van der Waals surface area contributed by atoms with Crippen molar-refractivity contribution in [3.05, 3.63) is 28.2 Å². The SMILES string of the molecule is O=C(NC1CCCCCC1)c1cc(Br)cc(S(=O)(=O)Cl)c1. The first-order valence-electron chi connectivity index (χ1n) is 6.92. The fraction of sp³-hybridized carbons (Fsp3) is 0.500. The Labute approximate surface area is 137 Å². The monoisotopic (exact) mass is 393 g/mol. The number of hydrogen-bond acceptors (Lipinski definition) is 3. The van der Waals surface area contributed by atoms with Gasteiger partial charge in [0.1, 0.15) is 0 Å². The van der Waals surface area contributed by atoms with Crippen LogP contribution >= 0.6 is 26.6 Å². The van der Waals surface area contributed by atoms with Crippen molar-refractivity contribution in [3.63, 3.8) is 0 Å². The molecule has 0 atom stereocenters. The van der Waals surface area contributed by atoms with Crippen molar-refractivity contribution in [1.29, 1.82) is 0 Å². The lowest BCUT2D eigenvalue weighted by molar-refractivity contribution is 0.0933. The van der Waals surface area contributed by atoms with E-state index >= 15 is 0 Å². The second-order valence-electron chi connectivity index (χ2n) is 5.28. The summed E-state index contributed by atoms with van der Waals surface area (Å²) in [7, 11) is 1.48. The summed E-state index contributed by atoms with van der Waals surface area (Å²) in [5.41, 5.74) is 0.299. The van der Waals surface area contributed by atoms with Crippen LogP contribution in [0.3, 0.4) is 0 Å². The van der Waals surface area contributed by atoms with E-state index in [1.54, 1.807) is 6.07 Å². The molecular weight excluding hydrogens is 378 g/mol. The van der Waals surface area contributed by atoms with Crippen LogP contribution in [0.1, 0.15) is 48.9 Å². The van der Waals surface area contributed by atoms with Gasteiger partial charge in [-0.15, -0.1) is 0 Å². The molecule has 21 heavy (non-hydrogen) atoms. The molecule has 0 radical (unpaired) electrons. The molecule has 0 aromatic heterocycles. The van der Waals surface area contributed by atoms with Crippen LogP contribution in [0.25, 0.3) is 0 Å². The largest absolute Gasteiger partial charge is 0.349 e. The van der Waals surface area contributed by atoms with Crippen molar-refractivity contribution in [3.8, 4) is 0 Å². The van der Waals surface area contributed by atoms with Gasteiger partial charge in [0.05, 0.1) is 4.90 Å². The Hall–Kier alpha value is -0.590. The number of halogens is 2. The van der Waals surface area contributed by atoms with Gasteiger partial charge in [0, 0.05) is 26.8 Å². The van der Waals surface area contributed by atoms with Crippen molar-refractivity contribution < 1.29 is 13.2 Å². The average Bonchev–Trinajstić information content (AvgIpc) is 2.65. The number of carbonyl (C=O) groups is 1. The second-order valence-corrected chi connectivity index (χ2v) is 8.76. The maximum atomic E-state index is 12.3. The van der Waals surface area contributed by atoms with E-state index in [0.29, 0.717) is 10.0 Å². The van der Waals surface area contributed by atoms with Gasteiger partial charge < -0.3 is 5.32 Å². The minimum absolute atomic E-state index is 0.0791. The van der Waals surface area contributed by atoms with Gasteiger partial charge in [-0.3, -0.25) is 4.79 Å². The van der Waals surface area contributed by atoms with E-state index in [-0.39, 0.29) is 16.8 Å². The van der Waals surface area contributed by atoms with Gasteiger partial charge in [0.25, 0.3) is 15.0 Å². The highest BCUT2D eigenvalue weighted by molar-refractivity contribution is 9.10. The van der Waals surface area contributed by atoms with Crippen LogP contribution in [-0.4, -0.2) is 20.4 Å². The van der Waals surface area contributed by atoms with Crippen molar-refractivity contribution in [2.75, 3.05) is 0 Å². The Morgan fingerprint density at radius 3 is 2.33 bits per heavy atom. The highest BCUT2D eigenvalue weighted by atomic mass is 79.9. The van der Waals surface area contributed by atoms with Gasteiger partial charge in [-0.2, -0.15) is 0 Å². The zero-order chi connectivity index (χ0) is 15.5. The third-order valence-electron chi connectivity index (χ3n) is 3.61. The molecule has 1 saturated carbocycles. The second kappa shape index (κ2) is 7.11. The molecule has 7 heteroatoms. The highest BCUT2D eigenvalue weighted by Gasteiger charge is 2.18. The quantitative estimate of drug-likeness (QED) is 0.626. The molecule has 0 aliphatic heterocycles. The van der Waals surface area contributed by atoms with Crippen molar-refractivity contribution in [2.45, 2.75) is 49.5 Å². The van der Waals surface area contributed by atoms with Crippen molar-refractivity contribution in [1.82, 2.24) is 5.32 Å². The van der Waals surface area contributed by atoms with E-state index in [0.717, 1.165) is 25.7 Å². The molecular formula is C14H17BrClNO3S. The predicted molar refractivity (Wildman–Crippen MR) is 86.1 cm³/mol. The summed E-state index contributed by atoms with van der Waals surface area (Å²) in [6.07, 6.45) is 6.59. The standard InChI is InChI=1S/C14H17BrClNO3S/c15-11-7-10(8-13(9-11)21(16,19)20)14(18)17-12-5-3-1-2-4-6-12/h7-9,12H,1-6H2,(H,17,18). The molecule has 1 fully saturated rings. The summed E-state index contributed by atoms with van der Waals surface area (Å²) in [5.74, 6) is -0.259. The maximum absolute atomic E-state index is 12.3. The summed E-state index contributed by atoms with van der Waals surface area (Å²) >= 11 is 3.21. The first-order valence-corrected chi connectivity index (χ1v) is 10.0. The molecule has 4 nitrogen and oxygen atoms in total. The molecule has 1 aliphatic carbocycles. The van der Waals surface area contributed by atoms with Crippen LogP contribution < -0.4 is 5.32 Å². The number of benzene rings is 1. The normalized spacial score (nSPS) is 17.2. The first kappa shape index (κ1) is 16.8. The van der Waals surface area contributed by atoms with E-state index in [9.17, 15) is 13.2 Å². The smallest absolute Gasteiger partial charge is 0.261 e. The molecule has 1 N–H and O–H groups in total. The van der Waals surface area contributed by atoms with E-state index in [1.807, 2.05) is 0 Å². The van der Waals surface area contributed by atoms with Gasteiger partial charge in [-0.25, -0.2) is 8.42 Å². The Morgan fingerprint density at radius 1 is 1.14 bits per heavy atom. The lowest BCUT2D eigenvalue weighted by Gasteiger charge is -2.16. The maximum Gasteiger partial charge on any atom is 0.261 e. The number of nitrogens with one attached hydrogen (secondary N) is 1. The number of amides is 1. The number of hydrogen-bond donors (Lipinski definition) is 1. The number of carbonyl (C=O) groups excluding carboxylic acids is 1. The van der Waals surface area contributed by atoms with Crippen LogP contribution in [0, 0.1) is 0 Å². The topological polar surface area (TPSA) is 63.2 Å². The molecule has 1 aromatic carbocycles. The average molecular weight is 395 g/mol. The highest BCUT2D eigenvalue weighted by Crippen LogP contribution is 2.23. The fourth-order valence-electron chi connectivity index (χ4n) is 2.53. The molecule has 1 aliphatic rings. The zero-order valence-corrected chi connectivity index (χ0v) is 14.6. The van der Waals surface area contributed by atoms with E-state index < -0.39 is 9.05 Å². The van der Waals surface area contributed by atoms with Crippen LogP contribution in [-0.2, 0) is 9.05 Å². The minimum Gasteiger partial charge on any atom is -0.349 e. The summed E-state index contributed by atoms with van der Waals surface area (Å²) in [5, 5.41) is 2.98. The number of rotatable bonds is 3. The minimum atomic E-state index is -3.86. The zero-order valence-electron chi connectivity index (χ0n) is 11.4. The Morgan fingerprint density at radius 2 is 1.76 bits per heavy atom. The Balaban J connectivity index is 2.17. The Kier molecular flexibility index (Phi) is 5.68. The molecule has 1 aromatic rings. The van der Waals surface area contributed by atoms with Crippen LogP contribution in [0.5, 0.6) is 0 Å². The van der Waals surface area contributed by atoms with E-state index in [4.69, 9.17) is 10.7 Å². The summed E-state index contributed by atoms with van der Waals surface area (Å²) in [6.45, 7) is 0. The molecule has 1 amide bonds. The third-order valence-corrected chi connectivity index (χ3v) is 5.40. The fourth-order valence-corrected chi connectivity index (χ4v) is 3.97. The molecule has 116 valence electrons. The third kappa shape index (κ3) is 4.97. The summed E-state index contributed by atoms with van der Waals surface area (Å²) in [6, 6.07) is 4.44. The van der Waals surface area contributed by atoms with E-state index in [1.165, 1.54) is 25.0 Å². The first-order chi connectivity index (χ1) is 9.86. The summed E-state index contributed by atoms with van der Waals surface area (Å²) in [4.78, 5) is 12.2.